The summed E-state index contributed by atoms with van der Waals surface area (Å²) in [6.45, 7) is -0.538. The van der Waals surface area contributed by atoms with Gasteiger partial charge in [0.25, 0.3) is 12.3 Å². The monoisotopic (exact) mass is 269 g/mol. The van der Waals surface area contributed by atoms with Gasteiger partial charge in [-0.15, -0.1) is 0 Å². The summed E-state index contributed by atoms with van der Waals surface area (Å²) < 4.78 is 62.6. The van der Waals surface area contributed by atoms with Crippen LogP contribution in [0.1, 0.15) is 33.7 Å². The molecule has 0 bridgehead atoms. The number of carbonyl (C=O) groups is 1. The van der Waals surface area contributed by atoms with E-state index in [1.165, 1.54) is 0 Å². The van der Waals surface area contributed by atoms with Crippen molar-refractivity contribution in [3.63, 3.8) is 0 Å². The third-order valence-electron chi connectivity index (χ3n) is 2.08. The molecule has 1 aromatic rings. The highest BCUT2D eigenvalue weighted by Crippen LogP contribution is 2.33. The van der Waals surface area contributed by atoms with Crippen LogP contribution in [0, 0.1) is 0 Å². The molecule has 0 aliphatic carbocycles. The van der Waals surface area contributed by atoms with Crippen molar-refractivity contribution in [2.45, 2.75) is 19.1 Å². The molecule has 0 atom stereocenters. The van der Waals surface area contributed by atoms with E-state index in [9.17, 15) is 26.7 Å². The van der Waals surface area contributed by atoms with Gasteiger partial charge in [-0.1, -0.05) is 0 Å². The van der Waals surface area contributed by atoms with Crippen LogP contribution in [0.2, 0.25) is 0 Å². The molecule has 0 radical (unpaired) electrons. The number of hydrogen-bond donors (Lipinski definition) is 2. The second-order valence-electron chi connectivity index (χ2n) is 3.30. The van der Waals surface area contributed by atoms with Gasteiger partial charge in [-0.2, -0.15) is 13.2 Å². The Morgan fingerprint density at radius 2 is 1.94 bits per heavy atom. The Hall–Kier alpha value is -1.77. The maximum atomic E-state index is 12.6. The van der Waals surface area contributed by atoms with E-state index in [1.54, 1.807) is 0 Å². The second kappa shape index (κ2) is 4.84. The summed E-state index contributed by atoms with van der Waals surface area (Å²) in [6, 6.07) is 0.639. The van der Waals surface area contributed by atoms with Gasteiger partial charge in [0.2, 0.25) is 0 Å². The first-order valence-corrected chi connectivity index (χ1v) is 4.57. The zero-order valence-electron chi connectivity index (χ0n) is 8.76. The Kier molecular flexibility index (Phi) is 3.85. The Labute approximate surface area is 97.8 Å². The van der Waals surface area contributed by atoms with Gasteiger partial charge in [0.1, 0.15) is 5.69 Å². The van der Waals surface area contributed by atoms with Gasteiger partial charge in [0.15, 0.2) is 5.69 Å². The smallest absolute Gasteiger partial charge is 0.366 e. The molecule has 1 amide bonds. The highest BCUT2D eigenvalue weighted by atomic mass is 19.4. The van der Waals surface area contributed by atoms with Crippen molar-refractivity contribution in [2.24, 2.45) is 11.5 Å². The molecule has 0 saturated carbocycles. The fourth-order valence-electron chi connectivity index (χ4n) is 1.37. The van der Waals surface area contributed by atoms with Crippen LogP contribution in [0.15, 0.2) is 6.07 Å². The van der Waals surface area contributed by atoms with Crippen LogP contribution in [-0.2, 0) is 12.7 Å². The number of nitrogens with two attached hydrogens (primary N) is 2. The Morgan fingerprint density at radius 1 is 1.39 bits per heavy atom. The van der Waals surface area contributed by atoms with Crippen molar-refractivity contribution >= 4 is 5.91 Å². The van der Waals surface area contributed by atoms with E-state index in [2.05, 4.69) is 4.98 Å². The Bertz CT molecular complexity index is 472. The SMILES string of the molecule is NCc1cc(C(F)F)nc(C(F)(F)F)c1C(N)=O. The van der Waals surface area contributed by atoms with E-state index in [4.69, 9.17) is 11.5 Å². The number of alkyl halides is 5. The number of pyridine rings is 1. The number of primary amides is 1. The molecule has 4 nitrogen and oxygen atoms in total. The number of amides is 1. The molecular weight excluding hydrogens is 261 g/mol. The molecule has 1 rings (SSSR count). The average molecular weight is 269 g/mol. The molecule has 1 aromatic heterocycles. The third kappa shape index (κ3) is 2.73. The topological polar surface area (TPSA) is 82.0 Å². The highest BCUT2D eigenvalue weighted by Gasteiger charge is 2.39. The van der Waals surface area contributed by atoms with Crippen LogP contribution in [0.5, 0.6) is 0 Å². The van der Waals surface area contributed by atoms with Crippen LogP contribution >= 0.6 is 0 Å². The minimum atomic E-state index is -5.07. The van der Waals surface area contributed by atoms with Gasteiger partial charge >= 0.3 is 6.18 Å². The van der Waals surface area contributed by atoms with Gasteiger partial charge in [-0.25, -0.2) is 13.8 Å². The van der Waals surface area contributed by atoms with E-state index in [1.807, 2.05) is 0 Å². The fourth-order valence-corrected chi connectivity index (χ4v) is 1.37. The van der Waals surface area contributed by atoms with Crippen molar-refractivity contribution in [3.05, 3.63) is 28.6 Å². The molecule has 0 spiro atoms. The molecule has 0 aliphatic heterocycles. The minimum absolute atomic E-state index is 0.417. The van der Waals surface area contributed by atoms with E-state index in [-0.39, 0.29) is 0 Å². The number of aromatic nitrogens is 1. The largest absolute Gasteiger partial charge is 0.434 e. The lowest BCUT2D eigenvalue weighted by Crippen LogP contribution is -2.24. The van der Waals surface area contributed by atoms with Crippen molar-refractivity contribution in [1.82, 2.24) is 4.98 Å². The average Bonchev–Trinajstić information content (AvgIpc) is 2.25. The lowest BCUT2D eigenvalue weighted by molar-refractivity contribution is -0.141. The summed E-state index contributed by atoms with van der Waals surface area (Å²) in [5.74, 6) is -1.42. The summed E-state index contributed by atoms with van der Waals surface area (Å²) in [6.07, 6.45) is -8.28. The Morgan fingerprint density at radius 3 is 2.28 bits per heavy atom. The van der Waals surface area contributed by atoms with Crippen LogP contribution in [-0.4, -0.2) is 10.9 Å². The minimum Gasteiger partial charge on any atom is -0.366 e. The molecular formula is C9H8F5N3O. The van der Waals surface area contributed by atoms with E-state index < -0.39 is 47.6 Å². The summed E-state index contributed by atoms with van der Waals surface area (Å²) in [5, 5.41) is 0. The number of rotatable bonds is 3. The van der Waals surface area contributed by atoms with Gasteiger partial charge < -0.3 is 11.5 Å². The van der Waals surface area contributed by atoms with E-state index in [0.717, 1.165) is 0 Å². The summed E-state index contributed by atoms with van der Waals surface area (Å²) in [5.41, 5.74) is 5.67. The van der Waals surface area contributed by atoms with Crippen molar-refractivity contribution in [3.8, 4) is 0 Å². The molecule has 9 heteroatoms. The lowest BCUT2D eigenvalue weighted by atomic mass is 10.0. The van der Waals surface area contributed by atoms with Crippen LogP contribution in [0.4, 0.5) is 22.0 Å². The first-order valence-electron chi connectivity index (χ1n) is 4.57. The maximum absolute atomic E-state index is 12.6. The van der Waals surface area contributed by atoms with Crippen LogP contribution in [0.3, 0.4) is 0 Å². The highest BCUT2D eigenvalue weighted by molar-refractivity contribution is 5.95. The van der Waals surface area contributed by atoms with Gasteiger partial charge in [0.05, 0.1) is 5.56 Å². The Balaban J connectivity index is 3.63. The molecule has 1 heterocycles. The molecule has 0 aromatic carbocycles. The summed E-state index contributed by atoms with van der Waals surface area (Å²) >= 11 is 0. The standard InChI is InChI=1S/C9H8F5N3O/c10-7(11)4-1-3(2-15)5(8(16)18)6(17-4)9(12,13)14/h1,7H,2,15H2,(H2,16,18). The zero-order chi connectivity index (χ0) is 14.1. The second-order valence-corrected chi connectivity index (χ2v) is 3.30. The fraction of sp³-hybridized carbons (Fsp3) is 0.333. The number of halogens is 5. The molecule has 0 saturated heterocycles. The first kappa shape index (κ1) is 14.3. The van der Waals surface area contributed by atoms with Crippen molar-refractivity contribution in [1.29, 1.82) is 0 Å². The predicted molar refractivity (Wildman–Crippen MR) is 50.6 cm³/mol. The normalized spacial score (nSPS) is 11.9. The number of carbonyl (C=O) groups excluding carboxylic acids is 1. The first-order chi connectivity index (χ1) is 8.18. The molecule has 4 N–H and O–H groups in total. The molecule has 0 unspecified atom stereocenters. The van der Waals surface area contributed by atoms with Gasteiger partial charge in [-0.05, 0) is 11.6 Å². The third-order valence-corrected chi connectivity index (χ3v) is 2.08. The predicted octanol–water partition coefficient (Wildman–Crippen LogP) is 1.60. The number of nitrogens with zero attached hydrogens (tertiary/aromatic N) is 1. The van der Waals surface area contributed by atoms with Gasteiger partial charge in [0, 0.05) is 6.54 Å². The summed E-state index contributed by atoms with van der Waals surface area (Å²) in [7, 11) is 0. The molecule has 100 valence electrons. The van der Waals surface area contributed by atoms with E-state index >= 15 is 0 Å². The van der Waals surface area contributed by atoms with Crippen LogP contribution < -0.4 is 11.5 Å². The maximum Gasteiger partial charge on any atom is 0.434 e. The summed E-state index contributed by atoms with van der Waals surface area (Å²) in [4.78, 5) is 13.7. The zero-order valence-corrected chi connectivity index (χ0v) is 8.76. The quantitative estimate of drug-likeness (QED) is 0.817. The van der Waals surface area contributed by atoms with Crippen molar-refractivity contribution < 1.29 is 26.7 Å². The van der Waals surface area contributed by atoms with E-state index in [0.29, 0.717) is 6.07 Å². The number of hydrogen-bond acceptors (Lipinski definition) is 3. The van der Waals surface area contributed by atoms with Gasteiger partial charge in [-0.3, -0.25) is 4.79 Å². The molecule has 0 fully saturated rings. The van der Waals surface area contributed by atoms with Crippen LogP contribution in [0.25, 0.3) is 0 Å². The lowest BCUT2D eigenvalue weighted by Gasteiger charge is -2.14. The van der Waals surface area contributed by atoms with Crippen molar-refractivity contribution in [2.75, 3.05) is 0 Å². The molecule has 0 aliphatic rings. The molecule has 18 heavy (non-hydrogen) atoms.